The zero-order chi connectivity index (χ0) is 7.82. The molecule has 4 N–H and O–H groups in total. The van der Waals surface area contributed by atoms with E-state index in [1.165, 1.54) is 0 Å². The lowest BCUT2D eigenvalue weighted by atomic mass is 10.4. The van der Waals surface area contributed by atoms with E-state index in [1.54, 1.807) is 0 Å². The van der Waals surface area contributed by atoms with Gasteiger partial charge in [-0.05, 0) is 0 Å². The summed E-state index contributed by atoms with van der Waals surface area (Å²) in [4.78, 5) is 0. The van der Waals surface area contributed by atoms with Crippen LogP contribution in [-0.2, 0) is 0 Å². The summed E-state index contributed by atoms with van der Waals surface area (Å²) >= 11 is -0.139. The van der Waals surface area contributed by atoms with Crippen LogP contribution in [0, 0.1) is 0 Å². The molecule has 0 heterocycles. The molecule has 3 heteroatoms. The molecule has 0 spiro atoms. The van der Waals surface area contributed by atoms with Gasteiger partial charge in [0.15, 0.2) is 0 Å². The van der Waals surface area contributed by atoms with E-state index in [1.807, 2.05) is 36.4 Å². The van der Waals surface area contributed by atoms with Crippen molar-refractivity contribution in [1.29, 1.82) is 0 Å². The topological polar surface area (TPSA) is 36.5 Å². The van der Waals surface area contributed by atoms with Gasteiger partial charge in [-0.25, -0.2) is 0 Å². The van der Waals surface area contributed by atoms with Gasteiger partial charge in [-0.15, -0.1) is 17.4 Å². The summed E-state index contributed by atoms with van der Waals surface area (Å²) in [5.41, 5.74) is 0. The minimum Gasteiger partial charge on any atom is -1.00 e. The average molecular weight is 204 g/mol. The molecule has 12 heavy (non-hydrogen) atoms. The second-order valence-corrected chi connectivity index (χ2v) is 6.35. The normalized spacial score (nSPS) is 6.25. The number of quaternary nitrogens is 1. The Balaban J connectivity index is -0.000000124. The van der Waals surface area contributed by atoms with E-state index in [9.17, 15) is 0 Å². The molecule has 0 atom stereocenters. The summed E-state index contributed by atoms with van der Waals surface area (Å²) in [6, 6.07) is 12.0. The standard InChI is InChI=1S/C6H6.3CH3.Al.ClH.H3N/c1-2-4-6-5-3-1;;;;;;/h1-6H;3*1H3;;1H;1H3. The van der Waals surface area contributed by atoms with Gasteiger partial charge >= 0.3 is 0 Å². The number of hydrogen-bond acceptors (Lipinski definition) is 0. The zero-order valence-corrected chi connectivity index (χ0v) is 10.3. The van der Waals surface area contributed by atoms with Gasteiger partial charge in [-0.2, -0.15) is 0 Å². The van der Waals surface area contributed by atoms with Gasteiger partial charge in [-0.1, -0.05) is 36.4 Å². The Kier molecular flexibility index (Phi) is 20.3. The van der Waals surface area contributed by atoms with Crippen LogP contribution in [0.1, 0.15) is 0 Å². The third-order valence-corrected chi connectivity index (χ3v) is 0.667. The first-order chi connectivity index (χ1) is 4.73. The highest BCUT2D eigenvalue weighted by atomic mass is 35.5. The van der Waals surface area contributed by atoms with E-state index in [-0.39, 0.29) is 32.7 Å². The number of rotatable bonds is 0. The first kappa shape index (κ1) is 17.9. The summed E-state index contributed by atoms with van der Waals surface area (Å²) in [7, 11) is 0. The fraction of sp³-hybridized carbons (Fsp3) is 0.333. The summed E-state index contributed by atoms with van der Waals surface area (Å²) in [5.74, 6) is 6.92. The quantitative estimate of drug-likeness (QED) is 0.595. The second-order valence-electron chi connectivity index (χ2n) is 2.89. The maximum Gasteiger partial charge on any atom is 0.251 e. The first-order valence-corrected chi connectivity index (χ1v) is 7.20. The van der Waals surface area contributed by atoms with Crippen LogP contribution in [0.25, 0.3) is 0 Å². The van der Waals surface area contributed by atoms with Crippen LogP contribution < -0.4 is 18.6 Å². The molecule has 0 saturated heterocycles. The summed E-state index contributed by atoms with van der Waals surface area (Å²) in [5, 5.41) is 0. The van der Waals surface area contributed by atoms with Crippen molar-refractivity contribution in [2.45, 2.75) is 17.4 Å². The monoisotopic (exact) mass is 203 g/mol. The molecule has 70 valence electrons. The zero-order valence-electron chi connectivity index (χ0n) is 8.42. The van der Waals surface area contributed by atoms with Crippen LogP contribution in [-0.4, -0.2) is 14.1 Å². The Hall–Kier alpha value is 0.00247. The molecule has 0 amide bonds. The fourth-order valence-electron chi connectivity index (χ4n) is 0.385. The lowest BCUT2D eigenvalue weighted by Crippen LogP contribution is -3.00. The van der Waals surface area contributed by atoms with Crippen molar-refractivity contribution in [3.63, 3.8) is 0 Å². The molecular weight excluding hydrogens is 185 g/mol. The molecule has 1 aromatic carbocycles. The Morgan fingerprint density at radius 1 is 0.667 bits per heavy atom. The average Bonchev–Trinajstić information content (AvgIpc) is 1.90. The molecule has 0 aliphatic carbocycles. The third-order valence-electron chi connectivity index (χ3n) is 0.667. The summed E-state index contributed by atoms with van der Waals surface area (Å²) in [6.07, 6.45) is 0. The Morgan fingerprint density at radius 2 is 0.750 bits per heavy atom. The van der Waals surface area contributed by atoms with Crippen LogP contribution in [0.2, 0.25) is 17.4 Å². The highest BCUT2D eigenvalue weighted by Gasteiger charge is 1.81. The fourth-order valence-corrected chi connectivity index (χ4v) is 0.385. The molecule has 1 aromatic rings. The van der Waals surface area contributed by atoms with Gasteiger partial charge in [0.25, 0.3) is 14.1 Å². The molecule has 0 aliphatic heterocycles. The number of hydrogen-bond donors (Lipinski definition) is 1. The van der Waals surface area contributed by atoms with E-state index in [2.05, 4.69) is 17.4 Å². The van der Waals surface area contributed by atoms with Crippen molar-refractivity contribution in [2.75, 3.05) is 0 Å². The van der Waals surface area contributed by atoms with Crippen molar-refractivity contribution >= 4 is 14.1 Å². The molecule has 0 unspecified atom stereocenters. The van der Waals surface area contributed by atoms with Crippen LogP contribution in [0.3, 0.4) is 0 Å². The Morgan fingerprint density at radius 3 is 0.833 bits per heavy atom. The predicted molar refractivity (Wildman–Crippen MR) is 55.8 cm³/mol. The third kappa shape index (κ3) is 22.5. The van der Waals surface area contributed by atoms with Crippen LogP contribution in [0.4, 0.5) is 0 Å². The van der Waals surface area contributed by atoms with Crippen molar-refractivity contribution < 1.29 is 12.4 Å². The molecule has 0 radical (unpaired) electrons. The lowest BCUT2D eigenvalue weighted by Gasteiger charge is -1.69. The van der Waals surface area contributed by atoms with Gasteiger partial charge < -0.3 is 18.6 Å². The Labute approximate surface area is 86.6 Å². The largest absolute Gasteiger partial charge is 1.00 e. The number of halogens is 1. The van der Waals surface area contributed by atoms with E-state index in [4.69, 9.17) is 0 Å². The van der Waals surface area contributed by atoms with Gasteiger partial charge in [0, 0.05) is 0 Å². The minimum absolute atomic E-state index is 0. The van der Waals surface area contributed by atoms with Crippen molar-refractivity contribution in [1.82, 2.24) is 6.15 Å². The maximum absolute atomic E-state index is 2.31. The van der Waals surface area contributed by atoms with Crippen molar-refractivity contribution in [2.24, 2.45) is 0 Å². The maximum atomic E-state index is 2.31. The highest BCUT2D eigenvalue weighted by Crippen LogP contribution is 1.79. The predicted octanol–water partition coefficient (Wildman–Crippen LogP) is 0.437. The molecule has 0 fully saturated rings. The molecule has 1 rings (SSSR count). The van der Waals surface area contributed by atoms with Gasteiger partial charge in [0.1, 0.15) is 0 Å². The van der Waals surface area contributed by atoms with Gasteiger partial charge in [-0.3, -0.25) is 0 Å². The molecule has 0 aliphatic rings. The van der Waals surface area contributed by atoms with Crippen LogP contribution in [0.15, 0.2) is 36.4 Å². The summed E-state index contributed by atoms with van der Waals surface area (Å²) in [6.45, 7) is 0. The Bertz CT molecular complexity index is 115. The minimum atomic E-state index is -0.139. The van der Waals surface area contributed by atoms with Crippen LogP contribution in [0.5, 0.6) is 0 Å². The van der Waals surface area contributed by atoms with E-state index in [0.29, 0.717) is 0 Å². The molecule has 0 saturated carbocycles. The summed E-state index contributed by atoms with van der Waals surface area (Å²) < 4.78 is 0. The smallest absolute Gasteiger partial charge is 0.251 e. The SMILES string of the molecule is [CH3][Al]([CH3])[CH3].[Cl-].[NH4+].c1ccccc1. The molecule has 0 bridgehead atoms. The van der Waals surface area contributed by atoms with Gasteiger partial charge in [0.05, 0.1) is 0 Å². The van der Waals surface area contributed by atoms with Crippen molar-refractivity contribution in [3.8, 4) is 0 Å². The van der Waals surface area contributed by atoms with E-state index in [0.717, 1.165) is 0 Å². The van der Waals surface area contributed by atoms with Crippen LogP contribution >= 0.6 is 0 Å². The van der Waals surface area contributed by atoms with Gasteiger partial charge in [0.2, 0.25) is 0 Å². The first-order valence-electron chi connectivity index (χ1n) is 3.73. The number of benzene rings is 1. The van der Waals surface area contributed by atoms with E-state index >= 15 is 0 Å². The van der Waals surface area contributed by atoms with E-state index < -0.39 is 0 Å². The lowest BCUT2D eigenvalue weighted by molar-refractivity contribution is -0.00000278. The second kappa shape index (κ2) is 13.6. The van der Waals surface area contributed by atoms with Crippen molar-refractivity contribution in [3.05, 3.63) is 36.4 Å². The molecule has 1 nitrogen and oxygen atoms in total. The molecule has 0 aromatic heterocycles. The highest BCUT2D eigenvalue weighted by molar-refractivity contribution is 6.54. The molecular formula is C9H19AlClN.